The molecule has 6 atom stereocenters. The molecule has 0 aliphatic carbocycles. The zero-order valence-electron chi connectivity index (χ0n) is 11.9. The number of hydrogen-bond acceptors (Lipinski definition) is 8. The van der Waals surface area contributed by atoms with Gasteiger partial charge in [0, 0.05) is 17.8 Å². The molecule has 0 radical (unpaired) electrons. The summed E-state index contributed by atoms with van der Waals surface area (Å²) in [5.74, 6) is 0. The summed E-state index contributed by atoms with van der Waals surface area (Å²) in [6.07, 6.45) is -6.36. The molecule has 9 nitrogen and oxygen atoms in total. The number of nitrogens with one attached hydrogen (secondary N) is 2. The number of hydrogen-bond donors (Lipinski definition) is 7. The Morgan fingerprint density at radius 3 is 2.45 bits per heavy atom. The van der Waals surface area contributed by atoms with Crippen LogP contribution in [-0.2, 0) is 4.74 Å². The lowest BCUT2D eigenvalue weighted by atomic mass is 9.98. The van der Waals surface area contributed by atoms with Gasteiger partial charge >= 0.3 is 0 Å². The highest BCUT2D eigenvalue weighted by Gasteiger charge is 2.43. The van der Waals surface area contributed by atoms with Crippen molar-refractivity contribution in [2.75, 3.05) is 11.9 Å². The Morgan fingerprint density at radius 2 is 1.91 bits per heavy atom. The van der Waals surface area contributed by atoms with Gasteiger partial charge < -0.3 is 35.7 Å². The number of aliphatic hydroxyl groups is 4. The lowest BCUT2D eigenvalue weighted by Crippen LogP contribution is -2.99. The molecule has 1 saturated heterocycles. The monoisotopic (exact) mass is 316 g/mol. The highest BCUT2D eigenvalue weighted by Crippen LogP contribution is 2.25. The first-order valence-electron chi connectivity index (χ1n) is 6.76. The van der Waals surface area contributed by atoms with Crippen molar-refractivity contribution >= 4 is 11.4 Å². The van der Waals surface area contributed by atoms with Gasteiger partial charge in [0.1, 0.15) is 24.4 Å². The van der Waals surface area contributed by atoms with E-state index in [2.05, 4.69) is 5.32 Å². The Balaban J connectivity index is 2.15. The van der Waals surface area contributed by atoms with Crippen LogP contribution < -0.4 is 10.5 Å². The first-order valence-corrected chi connectivity index (χ1v) is 6.76. The quantitative estimate of drug-likeness (QED) is 0.304. The van der Waals surface area contributed by atoms with Gasteiger partial charge in [0.25, 0.3) is 0 Å². The van der Waals surface area contributed by atoms with Gasteiger partial charge in [0.15, 0.2) is 11.9 Å². The zero-order chi connectivity index (χ0) is 16.4. The molecule has 0 amide bonds. The Labute approximate surface area is 126 Å². The second-order valence-electron chi connectivity index (χ2n) is 5.23. The normalized spacial score (nSPS) is 33.5. The first-order chi connectivity index (χ1) is 10.3. The fourth-order valence-corrected chi connectivity index (χ4v) is 2.33. The number of quaternary nitrogens is 1. The van der Waals surface area contributed by atoms with Gasteiger partial charge in [-0.1, -0.05) is 0 Å². The van der Waals surface area contributed by atoms with Crippen LogP contribution in [0.1, 0.15) is 5.56 Å². The van der Waals surface area contributed by atoms with Crippen molar-refractivity contribution < 1.29 is 35.6 Å². The minimum atomic E-state index is -1.47. The van der Waals surface area contributed by atoms with Crippen molar-refractivity contribution in [3.8, 4) is 0 Å². The first kappa shape index (κ1) is 17.1. The summed E-state index contributed by atoms with van der Waals surface area (Å²) in [6, 6.07) is 4.36. The van der Waals surface area contributed by atoms with Crippen LogP contribution in [0, 0.1) is 12.1 Å². The average molecular weight is 316 g/mol. The van der Waals surface area contributed by atoms with Crippen LogP contribution in [0.15, 0.2) is 18.2 Å². The predicted molar refractivity (Wildman–Crippen MR) is 74.3 cm³/mol. The van der Waals surface area contributed by atoms with E-state index < -0.39 is 42.5 Å². The van der Waals surface area contributed by atoms with E-state index in [1.165, 1.54) is 18.2 Å². The third kappa shape index (κ3) is 3.37. The smallest absolute Gasteiger partial charge is 0.164 e. The summed E-state index contributed by atoms with van der Waals surface area (Å²) in [5, 5.41) is 60.1. The van der Waals surface area contributed by atoms with E-state index >= 15 is 0 Å². The Hall–Kier alpha value is -1.30. The molecule has 22 heavy (non-hydrogen) atoms. The Morgan fingerprint density at radius 1 is 1.23 bits per heavy atom. The van der Waals surface area contributed by atoms with E-state index in [1.807, 2.05) is 0 Å². The van der Waals surface area contributed by atoms with Crippen molar-refractivity contribution in [2.24, 2.45) is 0 Å². The molecule has 1 fully saturated rings. The summed E-state index contributed by atoms with van der Waals surface area (Å²) in [6.45, 7) is 1.17. The van der Waals surface area contributed by atoms with Gasteiger partial charge in [-0.15, -0.1) is 0 Å². The molecule has 2 rings (SSSR count). The van der Waals surface area contributed by atoms with Gasteiger partial charge in [-0.3, -0.25) is 0 Å². The lowest BCUT2D eigenvalue weighted by Gasteiger charge is -2.40. The van der Waals surface area contributed by atoms with Gasteiger partial charge in [0.05, 0.1) is 6.61 Å². The molecule has 0 aromatic heterocycles. The summed E-state index contributed by atoms with van der Waals surface area (Å²) in [4.78, 5) is 0. The number of anilines is 1. The van der Waals surface area contributed by atoms with Crippen molar-refractivity contribution in [3.63, 3.8) is 0 Å². The molecular weight excluding hydrogens is 296 g/mol. The van der Waals surface area contributed by atoms with Crippen LogP contribution in [0.5, 0.6) is 0 Å². The Bertz CT molecular complexity index is 511. The third-order valence-corrected chi connectivity index (χ3v) is 3.66. The molecule has 1 aliphatic heterocycles. The second kappa shape index (κ2) is 6.86. The number of aryl methyl sites for hydroxylation is 1. The van der Waals surface area contributed by atoms with Crippen LogP contribution in [0.25, 0.3) is 0 Å². The third-order valence-electron chi connectivity index (χ3n) is 3.66. The predicted octanol–water partition coefficient (Wildman–Crippen LogP) is -2.39. The lowest BCUT2D eigenvalue weighted by molar-refractivity contribution is -0.991. The van der Waals surface area contributed by atoms with E-state index in [0.717, 1.165) is 0 Å². The summed E-state index contributed by atoms with van der Waals surface area (Å²) < 4.78 is 5.33. The molecule has 7 N–H and O–H groups in total. The van der Waals surface area contributed by atoms with Gasteiger partial charge in [-0.05, 0) is 18.6 Å². The molecule has 124 valence electrons. The topological polar surface area (TPSA) is 150 Å². The van der Waals surface area contributed by atoms with Crippen molar-refractivity contribution in [1.29, 1.82) is 0 Å². The largest absolute Gasteiger partial charge is 0.595 e. The van der Waals surface area contributed by atoms with Crippen LogP contribution in [0.2, 0.25) is 0 Å². The molecule has 9 heteroatoms. The van der Waals surface area contributed by atoms with Crippen molar-refractivity contribution in [2.45, 2.75) is 37.6 Å². The van der Waals surface area contributed by atoms with Gasteiger partial charge in [-0.25, -0.2) is 5.21 Å². The zero-order valence-corrected chi connectivity index (χ0v) is 11.9. The second-order valence-corrected chi connectivity index (χ2v) is 5.23. The minimum Gasteiger partial charge on any atom is -0.595 e. The summed E-state index contributed by atoms with van der Waals surface area (Å²) in [5.41, 5.74) is 1.24. The molecule has 1 aromatic rings. The van der Waals surface area contributed by atoms with Crippen LogP contribution in [0.4, 0.5) is 11.4 Å². The standard InChI is InChI=1S/C13H20N2O7/c1-6-4-7(15(20)21)2-3-8(6)14-13-12(19)11(18)10(17)9(5-16)22-13/h2-4,9-20H,5H2,1H3/t9-,10-,11+,12+,13?/m1/s1. The van der Waals surface area contributed by atoms with Crippen molar-refractivity contribution in [3.05, 3.63) is 29.0 Å². The van der Waals surface area contributed by atoms with Crippen LogP contribution >= 0.6 is 0 Å². The van der Waals surface area contributed by atoms with E-state index in [0.29, 0.717) is 11.3 Å². The molecule has 1 heterocycles. The molecule has 0 bridgehead atoms. The molecule has 0 spiro atoms. The summed E-state index contributed by atoms with van der Waals surface area (Å²) in [7, 11) is 0. The Kier molecular flexibility index (Phi) is 5.32. The molecular formula is C13H20N2O7. The maximum atomic E-state index is 10.9. The number of aliphatic hydroxyl groups excluding tert-OH is 4. The number of benzene rings is 1. The fraction of sp³-hybridized carbons (Fsp3) is 0.538. The number of rotatable bonds is 4. The van der Waals surface area contributed by atoms with Gasteiger partial charge in [0.2, 0.25) is 0 Å². The van der Waals surface area contributed by atoms with Crippen LogP contribution in [0.3, 0.4) is 0 Å². The van der Waals surface area contributed by atoms with E-state index in [4.69, 9.17) is 15.1 Å². The minimum absolute atomic E-state index is 0.122. The highest BCUT2D eigenvalue weighted by molar-refractivity contribution is 5.55. The van der Waals surface area contributed by atoms with E-state index in [1.54, 1.807) is 6.92 Å². The molecule has 1 aliphatic rings. The van der Waals surface area contributed by atoms with Gasteiger partial charge in [-0.2, -0.15) is 5.23 Å². The van der Waals surface area contributed by atoms with E-state index in [-0.39, 0.29) is 5.69 Å². The van der Waals surface area contributed by atoms with Crippen LogP contribution in [-0.4, -0.2) is 62.9 Å². The number of ether oxygens (including phenoxy) is 1. The maximum absolute atomic E-state index is 10.9. The molecule has 1 aromatic carbocycles. The average Bonchev–Trinajstić information content (AvgIpc) is 2.49. The maximum Gasteiger partial charge on any atom is 0.164 e. The van der Waals surface area contributed by atoms with E-state index in [9.17, 15) is 20.5 Å². The molecule has 0 saturated carbocycles. The molecule has 2 unspecified atom stereocenters. The fourth-order valence-electron chi connectivity index (χ4n) is 2.33. The highest BCUT2D eigenvalue weighted by atomic mass is 16.8. The SMILES string of the molecule is Cc1cc([NH+]([O-])O)ccc1NC1O[C@H](CO)[C@@H](O)[C@H](O)[C@@H]1O. The summed E-state index contributed by atoms with van der Waals surface area (Å²) >= 11 is 0. The van der Waals surface area contributed by atoms with Crippen molar-refractivity contribution in [1.82, 2.24) is 0 Å².